The van der Waals surface area contributed by atoms with Gasteiger partial charge in [0.25, 0.3) is 5.56 Å². The van der Waals surface area contributed by atoms with Crippen LogP contribution in [0.4, 0.5) is 0 Å². The number of H-pyrrole nitrogens is 1. The molecule has 0 amide bonds. The molecule has 1 aromatic carbocycles. The fraction of sp³-hybridized carbons (Fsp3) is 0.200. The third-order valence-corrected chi connectivity index (χ3v) is 3.12. The Labute approximate surface area is 127 Å². The average molecular weight is 301 g/mol. The highest BCUT2D eigenvalue weighted by atomic mass is 16.2. The zero-order valence-corrected chi connectivity index (χ0v) is 12.3. The Morgan fingerprint density at radius 2 is 2.00 bits per heavy atom. The third-order valence-electron chi connectivity index (χ3n) is 3.12. The molecule has 2 rings (SSSR count). The van der Waals surface area contributed by atoms with Gasteiger partial charge in [-0.25, -0.2) is 10.6 Å². The van der Waals surface area contributed by atoms with E-state index in [2.05, 4.69) is 4.98 Å². The Kier molecular flexibility index (Phi) is 4.80. The van der Waals surface area contributed by atoms with Crippen LogP contribution in [0.15, 0.2) is 58.0 Å². The van der Waals surface area contributed by atoms with Gasteiger partial charge < -0.3 is 15.3 Å². The molecule has 7 heteroatoms. The molecule has 0 radical (unpaired) electrons. The molecule has 0 aliphatic rings. The first-order valence-corrected chi connectivity index (χ1v) is 6.76. The van der Waals surface area contributed by atoms with Gasteiger partial charge in [0, 0.05) is 31.6 Å². The van der Waals surface area contributed by atoms with Gasteiger partial charge in [0.1, 0.15) is 0 Å². The summed E-state index contributed by atoms with van der Waals surface area (Å²) in [5, 5.41) is 1.33. The number of aryl methyl sites for hydroxylation is 1. The predicted octanol–water partition coefficient (Wildman–Crippen LogP) is -0.208. The number of aromatic amines is 1. The van der Waals surface area contributed by atoms with Crippen LogP contribution in [0.3, 0.4) is 0 Å². The van der Waals surface area contributed by atoms with Gasteiger partial charge in [0.15, 0.2) is 0 Å². The van der Waals surface area contributed by atoms with E-state index in [1.165, 1.54) is 15.8 Å². The van der Waals surface area contributed by atoms with Crippen molar-refractivity contribution in [3.63, 3.8) is 0 Å². The fourth-order valence-corrected chi connectivity index (χ4v) is 2.06. The van der Waals surface area contributed by atoms with Gasteiger partial charge >= 0.3 is 5.69 Å². The molecule has 0 atom stereocenters. The summed E-state index contributed by atoms with van der Waals surface area (Å²) in [5.74, 6) is 5.85. The third kappa shape index (κ3) is 4.10. The zero-order valence-electron chi connectivity index (χ0n) is 12.3. The first-order valence-electron chi connectivity index (χ1n) is 6.76. The second kappa shape index (κ2) is 6.77. The van der Waals surface area contributed by atoms with Crippen LogP contribution in [-0.2, 0) is 20.0 Å². The number of allylic oxidation sites excluding steroid dienone is 1. The van der Waals surface area contributed by atoms with Crippen molar-refractivity contribution in [1.29, 1.82) is 0 Å². The molecule has 1 heterocycles. The Hall–Kier alpha value is -2.80. The molecule has 0 aliphatic heterocycles. The summed E-state index contributed by atoms with van der Waals surface area (Å²) >= 11 is 0. The van der Waals surface area contributed by atoms with Crippen LogP contribution >= 0.6 is 0 Å². The summed E-state index contributed by atoms with van der Waals surface area (Å²) in [6.45, 7) is 0.152. The number of hydrogen-bond acceptors (Lipinski definition) is 5. The highest BCUT2D eigenvalue weighted by Gasteiger charge is 2.05. The lowest BCUT2D eigenvalue weighted by atomic mass is 10.1. The number of hydrazine groups is 1. The highest BCUT2D eigenvalue weighted by Crippen LogP contribution is 2.04. The van der Waals surface area contributed by atoms with Crippen molar-refractivity contribution in [3.8, 4) is 0 Å². The summed E-state index contributed by atoms with van der Waals surface area (Å²) in [4.78, 5) is 25.2. The van der Waals surface area contributed by atoms with Gasteiger partial charge in [-0.05, 0) is 5.56 Å². The van der Waals surface area contributed by atoms with E-state index in [-0.39, 0.29) is 6.54 Å². The van der Waals surface area contributed by atoms with E-state index < -0.39 is 11.2 Å². The molecule has 0 saturated carbocycles. The number of nitrogens with two attached hydrogens (primary N) is 2. The van der Waals surface area contributed by atoms with Gasteiger partial charge in [0.2, 0.25) is 0 Å². The van der Waals surface area contributed by atoms with E-state index in [4.69, 9.17) is 11.6 Å². The normalized spacial score (nSPS) is 11.5. The minimum Gasteiger partial charge on any atom is -0.401 e. The summed E-state index contributed by atoms with van der Waals surface area (Å²) in [6.07, 6.45) is 3.61. The lowest BCUT2D eigenvalue weighted by Gasteiger charge is -2.15. The Morgan fingerprint density at radius 3 is 2.68 bits per heavy atom. The maximum atomic E-state index is 11.7. The number of nitrogens with one attached hydrogen (secondary N) is 1. The largest absolute Gasteiger partial charge is 0.401 e. The van der Waals surface area contributed by atoms with Crippen LogP contribution in [0.25, 0.3) is 0 Å². The van der Waals surface area contributed by atoms with Crippen LogP contribution in [-0.4, -0.2) is 14.6 Å². The molecule has 0 fully saturated rings. The molecule has 0 bridgehead atoms. The molecule has 22 heavy (non-hydrogen) atoms. The van der Waals surface area contributed by atoms with E-state index in [0.717, 1.165) is 5.56 Å². The monoisotopic (exact) mass is 301 g/mol. The van der Waals surface area contributed by atoms with E-state index >= 15 is 0 Å². The minimum atomic E-state index is -0.462. The molecular weight excluding hydrogens is 282 g/mol. The topological polar surface area (TPSA) is 110 Å². The van der Waals surface area contributed by atoms with Crippen molar-refractivity contribution >= 4 is 0 Å². The quantitative estimate of drug-likeness (QED) is 0.523. The first kappa shape index (κ1) is 15.6. The average Bonchev–Trinajstić information content (AvgIpc) is 2.45. The molecule has 0 spiro atoms. The summed E-state index contributed by atoms with van der Waals surface area (Å²) in [5.41, 5.74) is 7.07. The van der Waals surface area contributed by atoms with Crippen molar-refractivity contribution < 1.29 is 0 Å². The van der Waals surface area contributed by atoms with Gasteiger partial charge in [0.05, 0.1) is 12.1 Å². The van der Waals surface area contributed by atoms with Crippen molar-refractivity contribution in [3.05, 3.63) is 80.4 Å². The van der Waals surface area contributed by atoms with Gasteiger partial charge in [-0.15, -0.1) is 0 Å². The van der Waals surface area contributed by atoms with Gasteiger partial charge in [-0.2, -0.15) is 0 Å². The number of nitrogens with zero attached hydrogens (tertiary/aromatic N) is 2. The van der Waals surface area contributed by atoms with E-state index in [0.29, 0.717) is 17.7 Å². The van der Waals surface area contributed by atoms with Crippen LogP contribution in [0.5, 0.6) is 0 Å². The fourth-order valence-electron chi connectivity index (χ4n) is 2.06. The predicted molar refractivity (Wildman–Crippen MR) is 84.5 cm³/mol. The van der Waals surface area contributed by atoms with Crippen molar-refractivity contribution in [2.45, 2.75) is 13.0 Å². The lowest BCUT2D eigenvalue weighted by molar-refractivity contribution is 0.379. The SMILES string of the molecule is Cn1cc(CN(N)/C=C(\N)Cc2ccccc2)c(=O)[nH]c1=O. The smallest absolute Gasteiger partial charge is 0.328 e. The molecule has 0 unspecified atom stereocenters. The second-order valence-electron chi connectivity index (χ2n) is 5.06. The molecule has 7 nitrogen and oxygen atoms in total. The molecule has 0 saturated heterocycles. The lowest BCUT2D eigenvalue weighted by Crippen LogP contribution is -2.34. The van der Waals surface area contributed by atoms with E-state index in [9.17, 15) is 9.59 Å². The Balaban J connectivity index is 2.07. The summed E-state index contributed by atoms with van der Waals surface area (Å²) < 4.78 is 1.29. The van der Waals surface area contributed by atoms with Crippen molar-refractivity contribution in [2.75, 3.05) is 0 Å². The van der Waals surface area contributed by atoms with Crippen LogP contribution in [0.1, 0.15) is 11.1 Å². The summed E-state index contributed by atoms with van der Waals surface area (Å²) in [7, 11) is 1.56. The van der Waals surface area contributed by atoms with E-state index in [1.54, 1.807) is 13.2 Å². The van der Waals surface area contributed by atoms with Crippen molar-refractivity contribution in [2.24, 2.45) is 18.6 Å². The number of benzene rings is 1. The highest BCUT2D eigenvalue weighted by molar-refractivity contribution is 5.20. The van der Waals surface area contributed by atoms with Gasteiger partial charge in [-0.3, -0.25) is 9.78 Å². The maximum absolute atomic E-state index is 11.7. The molecule has 1 aromatic heterocycles. The standard InChI is InChI=1S/C15H19N5O2/c1-19-8-12(14(21)18-15(19)22)9-20(17)10-13(16)7-11-5-3-2-4-6-11/h2-6,8,10H,7,9,16-17H2,1H3,(H,18,21,22)/b13-10-. The zero-order chi connectivity index (χ0) is 16.1. The number of aromatic nitrogens is 2. The molecule has 5 N–H and O–H groups in total. The molecular formula is C15H19N5O2. The van der Waals surface area contributed by atoms with E-state index in [1.807, 2.05) is 30.3 Å². The van der Waals surface area contributed by atoms with Crippen LogP contribution in [0.2, 0.25) is 0 Å². The minimum absolute atomic E-state index is 0.152. The second-order valence-corrected chi connectivity index (χ2v) is 5.06. The Morgan fingerprint density at radius 1 is 1.32 bits per heavy atom. The molecule has 0 aliphatic carbocycles. The maximum Gasteiger partial charge on any atom is 0.328 e. The van der Waals surface area contributed by atoms with Crippen LogP contribution in [0, 0.1) is 0 Å². The molecule has 116 valence electrons. The summed E-state index contributed by atoms with van der Waals surface area (Å²) in [6, 6.07) is 9.75. The van der Waals surface area contributed by atoms with Crippen LogP contribution < -0.4 is 22.8 Å². The number of rotatable bonds is 5. The van der Waals surface area contributed by atoms with Crippen molar-refractivity contribution in [1.82, 2.24) is 14.6 Å². The Bertz CT molecular complexity index is 777. The first-order chi connectivity index (χ1) is 10.5. The number of hydrogen-bond donors (Lipinski definition) is 3. The molecule has 2 aromatic rings. The van der Waals surface area contributed by atoms with Gasteiger partial charge in [-0.1, -0.05) is 30.3 Å².